The molecule has 0 unspecified atom stereocenters. The molecule has 110 valence electrons. The lowest BCUT2D eigenvalue weighted by Crippen LogP contribution is -2.25. The van der Waals surface area contributed by atoms with Gasteiger partial charge in [-0.25, -0.2) is 0 Å². The van der Waals surface area contributed by atoms with Crippen LogP contribution in [0.3, 0.4) is 0 Å². The van der Waals surface area contributed by atoms with Crippen molar-refractivity contribution in [1.82, 2.24) is 5.32 Å². The van der Waals surface area contributed by atoms with E-state index >= 15 is 0 Å². The van der Waals surface area contributed by atoms with E-state index in [9.17, 15) is 9.59 Å². The molecule has 0 atom stereocenters. The number of carbonyl (C=O) groups is 2. The van der Waals surface area contributed by atoms with E-state index in [1.807, 2.05) is 29.6 Å². The number of benzene rings is 1. The largest absolute Gasteiger partial charge is 0.352 e. The number of hydrogen-bond acceptors (Lipinski definition) is 3. The fourth-order valence-electron chi connectivity index (χ4n) is 1.70. The number of rotatable bonds is 6. The Kier molecular flexibility index (Phi) is 6.19. The van der Waals surface area contributed by atoms with Crippen LogP contribution >= 0.6 is 33.9 Å². The van der Waals surface area contributed by atoms with Gasteiger partial charge in [0.05, 0.1) is 0 Å². The van der Waals surface area contributed by atoms with E-state index in [0.717, 1.165) is 9.26 Å². The molecule has 1 heterocycles. The number of hydrogen-bond donors (Lipinski definition) is 2. The predicted molar refractivity (Wildman–Crippen MR) is 93.7 cm³/mol. The minimum Gasteiger partial charge on any atom is -0.352 e. The van der Waals surface area contributed by atoms with Crippen molar-refractivity contribution in [1.29, 1.82) is 0 Å². The minimum absolute atomic E-state index is 0.0407. The van der Waals surface area contributed by atoms with Crippen molar-refractivity contribution < 1.29 is 9.59 Å². The average Bonchev–Trinajstić information content (AvgIpc) is 3.00. The van der Waals surface area contributed by atoms with Gasteiger partial charge < -0.3 is 10.6 Å². The van der Waals surface area contributed by atoms with Gasteiger partial charge in [0, 0.05) is 33.2 Å². The van der Waals surface area contributed by atoms with E-state index in [4.69, 9.17) is 0 Å². The van der Waals surface area contributed by atoms with Crippen molar-refractivity contribution in [2.24, 2.45) is 0 Å². The Morgan fingerprint density at radius 1 is 1.14 bits per heavy atom. The van der Waals surface area contributed by atoms with E-state index in [0.29, 0.717) is 24.9 Å². The second-order valence-corrected chi connectivity index (χ2v) is 6.45. The molecule has 0 fully saturated rings. The molecule has 0 radical (unpaired) electrons. The van der Waals surface area contributed by atoms with Gasteiger partial charge >= 0.3 is 0 Å². The van der Waals surface area contributed by atoms with Crippen LogP contribution in [-0.4, -0.2) is 18.4 Å². The highest BCUT2D eigenvalue weighted by molar-refractivity contribution is 14.1. The summed E-state index contributed by atoms with van der Waals surface area (Å²) in [5, 5.41) is 9.30. The highest BCUT2D eigenvalue weighted by Gasteiger charge is 2.06. The molecule has 0 spiro atoms. The highest BCUT2D eigenvalue weighted by Crippen LogP contribution is 2.11. The third-order valence-electron chi connectivity index (χ3n) is 2.78. The number of carbonyl (C=O) groups excluding carboxylic acids is 2. The summed E-state index contributed by atoms with van der Waals surface area (Å²) >= 11 is 3.70. The molecule has 21 heavy (non-hydrogen) atoms. The van der Waals surface area contributed by atoms with Crippen LogP contribution in [0.5, 0.6) is 0 Å². The quantitative estimate of drug-likeness (QED) is 0.562. The summed E-state index contributed by atoms with van der Waals surface area (Å²) < 4.78 is 1.13. The van der Waals surface area contributed by atoms with E-state index in [1.165, 1.54) is 11.3 Å². The molecular formula is C15H15IN2O2S. The normalized spacial score (nSPS) is 10.1. The molecule has 0 saturated heterocycles. The monoisotopic (exact) mass is 414 g/mol. The molecular weight excluding hydrogens is 399 g/mol. The van der Waals surface area contributed by atoms with Gasteiger partial charge in [-0.2, -0.15) is 11.3 Å². The summed E-state index contributed by atoms with van der Waals surface area (Å²) in [4.78, 5) is 23.4. The maximum absolute atomic E-state index is 11.7. The Morgan fingerprint density at radius 2 is 1.90 bits per heavy atom. The van der Waals surface area contributed by atoms with Gasteiger partial charge in [0.2, 0.25) is 5.91 Å². The molecule has 2 amide bonds. The van der Waals surface area contributed by atoms with Gasteiger partial charge in [-0.1, -0.05) is 0 Å². The first-order valence-corrected chi connectivity index (χ1v) is 8.53. The Bertz CT molecular complexity index is 597. The standard InChI is InChI=1S/C15H15IN2O2S/c16-12-3-5-13(6-4-12)18-14(19)2-1-8-17-15(20)11-7-9-21-10-11/h3-7,9-10H,1-2,8H2,(H,17,20)(H,18,19). The van der Waals surface area contributed by atoms with Gasteiger partial charge in [-0.3, -0.25) is 9.59 Å². The molecule has 1 aromatic carbocycles. The zero-order valence-corrected chi connectivity index (χ0v) is 14.2. The van der Waals surface area contributed by atoms with Crippen molar-refractivity contribution >= 4 is 51.4 Å². The Hall–Kier alpha value is -1.41. The molecule has 2 rings (SSSR count). The summed E-state index contributed by atoms with van der Waals surface area (Å²) in [6.07, 6.45) is 1.00. The van der Waals surface area contributed by atoms with Crippen LogP contribution in [0.15, 0.2) is 41.1 Å². The van der Waals surface area contributed by atoms with E-state index in [2.05, 4.69) is 33.2 Å². The lowest BCUT2D eigenvalue weighted by atomic mass is 10.2. The van der Waals surface area contributed by atoms with Gasteiger partial charge in [0.15, 0.2) is 0 Å². The van der Waals surface area contributed by atoms with Gasteiger partial charge in [-0.15, -0.1) is 0 Å². The summed E-state index contributed by atoms with van der Waals surface area (Å²) in [6, 6.07) is 9.41. The maximum atomic E-state index is 11.7. The summed E-state index contributed by atoms with van der Waals surface area (Å²) in [7, 11) is 0. The van der Waals surface area contributed by atoms with Crippen LogP contribution in [-0.2, 0) is 4.79 Å². The molecule has 6 heteroatoms. The average molecular weight is 414 g/mol. The van der Waals surface area contributed by atoms with E-state index in [1.54, 1.807) is 11.4 Å². The van der Waals surface area contributed by atoms with Crippen LogP contribution in [0.4, 0.5) is 5.69 Å². The van der Waals surface area contributed by atoms with Crippen LogP contribution in [0.25, 0.3) is 0 Å². The topological polar surface area (TPSA) is 58.2 Å². The zero-order chi connectivity index (χ0) is 15.1. The summed E-state index contributed by atoms with van der Waals surface area (Å²) in [5.41, 5.74) is 1.46. The number of thiophene rings is 1. The molecule has 2 N–H and O–H groups in total. The van der Waals surface area contributed by atoms with Crippen LogP contribution in [0.1, 0.15) is 23.2 Å². The lowest BCUT2D eigenvalue weighted by molar-refractivity contribution is -0.116. The second-order valence-electron chi connectivity index (χ2n) is 4.43. The van der Waals surface area contributed by atoms with Crippen molar-refractivity contribution in [2.75, 3.05) is 11.9 Å². The SMILES string of the molecule is O=C(CCCNC(=O)c1ccsc1)Nc1ccc(I)cc1. The number of halogens is 1. The van der Waals surface area contributed by atoms with Crippen molar-refractivity contribution in [2.45, 2.75) is 12.8 Å². The van der Waals surface area contributed by atoms with Crippen LogP contribution < -0.4 is 10.6 Å². The third-order valence-corrected chi connectivity index (χ3v) is 4.18. The van der Waals surface area contributed by atoms with Crippen molar-refractivity contribution in [3.05, 3.63) is 50.2 Å². The summed E-state index contributed by atoms with van der Waals surface area (Å²) in [6.45, 7) is 0.495. The molecule has 1 aromatic heterocycles. The minimum atomic E-state index is -0.0886. The summed E-state index contributed by atoms with van der Waals surface area (Å²) in [5.74, 6) is -0.129. The Balaban J connectivity index is 1.65. The van der Waals surface area contributed by atoms with Crippen LogP contribution in [0.2, 0.25) is 0 Å². The molecule has 4 nitrogen and oxygen atoms in total. The molecule has 0 saturated carbocycles. The first-order chi connectivity index (χ1) is 10.1. The fraction of sp³-hybridized carbons (Fsp3) is 0.200. The highest BCUT2D eigenvalue weighted by atomic mass is 127. The Morgan fingerprint density at radius 3 is 2.57 bits per heavy atom. The first-order valence-electron chi connectivity index (χ1n) is 6.51. The molecule has 0 aliphatic rings. The number of anilines is 1. The van der Waals surface area contributed by atoms with Gasteiger partial charge in [0.25, 0.3) is 5.91 Å². The number of nitrogens with one attached hydrogen (secondary N) is 2. The predicted octanol–water partition coefficient (Wildman–Crippen LogP) is 3.50. The molecule has 0 aliphatic heterocycles. The first kappa shape index (κ1) is 16.0. The van der Waals surface area contributed by atoms with Gasteiger partial charge in [0.1, 0.15) is 0 Å². The number of amides is 2. The van der Waals surface area contributed by atoms with Crippen molar-refractivity contribution in [3.63, 3.8) is 0 Å². The molecule has 0 aliphatic carbocycles. The van der Waals surface area contributed by atoms with Crippen molar-refractivity contribution in [3.8, 4) is 0 Å². The van der Waals surface area contributed by atoms with E-state index in [-0.39, 0.29) is 11.8 Å². The molecule has 0 bridgehead atoms. The maximum Gasteiger partial charge on any atom is 0.252 e. The Labute approximate surface area is 141 Å². The zero-order valence-electron chi connectivity index (χ0n) is 11.3. The molecule has 2 aromatic rings. The smallest absolute Gasteiger partial charge is 0.252 e. The second kappa shape index (κ2) is 8.14. The fourth-order valence-corrected chi connectivity index (χ4v) is 2.70. The van der Waals surface area contributed by atoms with E-state index < -0.39 is 0 Å². The third kappa shape index (κ3) is 5.47. The van der Waals surface area contributed by atoms with Gasteiger partial charge in [-0.05, 0) is 64.7 Å². The van der Waals surface area contributed by atoms with Crippen LogP contribution in [0, 0.1) is 3.57 Å². The lowest BCUT2D eigenvalue weighted by Gasteiger charge is -2.06.